The predicted octanol–water partition coefficient (Wildman–Crippen LogP) is 4.09. The molecule has 1 aromatic carbocycles. The summed E-state index contributed by atoms with van der Waals surface area (Å²) in [4.78, 5) is 15.7. The molecule has 5 nitrogen and oxygen atoms in total. The van der Waals surface area contributed by atoms with Gasteiger partial charge < -0.3 is 10.1 Å². The van der Waals surface area contributed by atoms with E-state index >= 15 is 0 Å². The Kier molecular flexibility index (Phi) is 6.48. The lowest BCUT2D eigenvalue weighted by molar-refractivity contribution is 0.250. The fourth-order valence-corrected chi connectivity index (χ4v) is 2.05. The van der Waals surface area contributed by atoms with Crippen molar-refractivity contribution in [2.45, 2.75) is 6.42 Å². The first-order chi connectivity index (χ1) is 10.6. The van der Waals surface area contributed by atoms with Crippen molar-refractivity contribution in [3.8, 4) is 5.75 Å². The van der Waals surface area contributed by atoms with Gasteiger partial charge in [-0.15, -0.1) is 0 Å². The van der Waals surface area contributed by atoms with Crippen molar-refractivity contribution in [1.29, 1.82) is 0 Å². The smallest absolute Gasteiger partial charge is 0.320 e. The van der Waals surface area contributed by atoms with E-state index < -0.39 is 0 Å². The standard InChI is InChI=1S/C15H15BrClN3O2/c16-11-6-7-14(19-10-11)20-15(21)18-8-3-9-22-13-5-2-1-4-12(13)17/h1-2,4-7,10H,3,8-9H2,(H2,18,19,20,21). The highest BCUT2D eigenvalue weighted by atomic mass is 79.9. The van der Waals surface area contributed by atoms with Gasteiger partial charge in [0, 0.05) is 17.2 Å². The van der Waals surface area contributed by atoms with Crippen LogP contribution in [0.1, 0.15) is 6.42 Å². The van der Waals surface area contributed by atoms with Crippen molar-refractivity contribution in [1.82, 2.24) is 10.3 Å². The van der Waals surface area contributed by atoms with E-state index in [0.717, 1.165) is 4.47 Å². The molecular weight excluding hydrogens is 370 g/mol. The van der Waals surface area contributed by atoms with Gasteiger partial charge in [0.15, 0.2) is 0 Å². The van der Waals surface area contributed by atoms with Gasteiger partial charge in [0.1, 0.15) is 11.6 Å². The normalized spacial score (nSPS) is 10.1. The van der Waals surface area contributed by atoms with E-state index in [-0.39, 0.29) is 6.03 Å². The van der Waals surface area contributed by atoms with Crippen molar-refractivity contribution in [3.05, 3.63) is 52.1 Å². The number of amides is 2. The van der Waals surface area contributed by atoms with E-state index in [0.29, 0.717) is 36.2 Å². The molecule has 7 heteroatoms. The molecule has 0 aliphatic carbocycles. The van der Waals surface area contributed by atoms with Gasteiger partial charge in [-0.25, -0.2) is 9.78 Å². The second kappa shape index (κ2) is 8.60. The van der Waals surface area contributed by atoms with E-state index in [9.17, 15) is 4.79 Å². The Labute approximate surface area is 142 Å². The van der Waals surface area contributed by atoms with Crippen molar-refractivity contribution < 1.29 is 9.53 Å². The molecule has 0 bridgehead atoms. The number of hydrogen-bond donors (Lipinski definition) is 2. The first kappa shape index (κ1) is 16.6. The summed E-state index contributed by atoms with van der Waals surface area (Å²) in [7, 11) is 0. The quantitative estimate of drug-likeness (QED) is 0.737. The number of para-hydroxylation sites is 1. The largest absolute Gasteiger partial charge is 0.492 e. The van der Waals surface area contributed by atoms with Crippen LogP contribution in [0.5, 0.6) is 5.75 Å². The summed E-state index contributed by atoms with van der Waals surface area (Å²) in [6.07, 6.45) is 2.29. The topological polar surface area (TPSA) is 63.2 Å². The molecule has 0 aliphatic rings. The van der Waals surface area contributed by atoms with Crippen LogP contribution in [-0.2, 0) is 0 Å². The summed E-state index contributed by atoms with van der Waals surface area (Å²) in [6, 6.07) is 10.5. The lowest BCUT2D eigenvalue weighted by atomic mass is 10.3. The molecule has 1 aromatic heterocycles. The Bertz CT molecular complexity index is 622. The third-order valence-corrected chi connectivity index (χ3v) is 3.45. The number of anilines is 1. The van der Waals surface area contributed by atoms with Crippen LogP contribution in [-0.4, -0.2) is 24.2 Å². The number of nitrogens with zero attached hydrogens (tertiary/aromatic N) is 1. The van der Waals surface area contributed by atoms with Crippen molar-refractivity contribution in [2.75, 3.05) is 18.5 Å². The molecule has 2 amide bonds. The van der Waals surface area contributed by atoms with Gasteiger partial charge in [0.2, 0.25) is 0 Å². The number of urea groups is 1. The molecule has 0 spiro atoms. The van der Waals surface area contributed by atoms with Crippen LogP contribution < -0.4 is 15.4 Å². The van der Waals surface area contributed by atoms with E-state index in [1.165, 1.54) is 0 Å². The lowest BCUT2D eigenvalue weighted by Crippen LogP contribution is -2.30. The Hall–Kier alpha value is -1.79. The molecule has 1 heterocycles. The van der Waals surface area contributed by atoms with Crippen LogP contribution in [0.25, 0.3) is 0 Å². The SMILES string of the molecule is O=C(NCCCOc1ccccc1Cl)Nc1ccc(Br)cn1. The maximum atomic E-state index is 11.6. The number of hydrogen-bond acceptors (Lipinski definition) is 3. The number of pyridine rings is 1. The zero-order valence-electron chi connectivity index (χ0n) is 11.7. The Balaban J connectivity index is 1.63. The summed E-state index contributed by atoms with van der Waals surface area (Å²) < 4.78 is 6.39. The molecule has 0 radical (unpaired) electrons. The molecule has 0 saturated carbocycles. The molecular formula is C15H15BrClN3O2. The fourth-order valence-electron chi connectivity index (χ4n) is 1.63. The van der Waals surface area contributed by atoms with Crippen molar-refractivity contribution in [3.63, 3.8) is 0 Å². The van der Waals surface area contributed by atoms with E-state index in [4.69, 9.17) is 16.3 Å². The average molecular weight is 385 g/mol. The van der Waals surface area contributed by atoms with Crippen molar-refractivity contribution >= 4 is 39.4 Å². The first-order valence-electron chi connectivity index (χ1n) is 6.69. The van der Waals surface area contributed by atoms with Crippen LogP contribution in [0.2, 0.25) is 5.02 Å². The monoisotopic (exact) mass is 383 g/mol. The lowest BCUT2D eigenvalue weighted by Gasteiger charge is -2.09. The van der Waals surface area contributed by atoms with Gasteiger partial charge in [0.05, 0.1) is 11.6 Å². The van der Waals surface area contributed by atoms with Crippen LogP contribution in [0.4, 0.5) is 10.6 Å². The number of rotatable bonds is 6. The van der Waals surface area contributed by atoms with Gasteiger partial charge in [-0.3, -0.25) is 5.32 Å². The second-order valence-corrected chi connectivity index (χ2v) is 5.70. The molecule has 0 fully saturated rings. The Morgan fingerprint density at radius 2 is 2.09 bits per heavy atom. The van der Waals surface area contributed by atoms with E-state index in [1.807, 2.05) is 18.2 Å². The molecule has 2 N–H and O–H groups in total. The van der Waals surface area contributed by atoms with Gasteiger partial charge in [-0.2, -0.15) is 0 Å². The zero-order chi connectivity index (χ0) is 15.8. The molecule has 0 unspecified atom stereocenters. The highest BCUT2D eigenvalue weighted by Gasteiger charge is 2.03. The molecule has 0 saturated heterocycles. The number of halogens is 2. The maximum Gasteiger partial charge on any atom is 0.320 e. The minimum absolute atomic E-state index is 0.299. The van der Waals surface area contributed by atoms with Crippen LogP contribution in [0.3, 0.4) is 0 Å². The minimum atomic E-state index is -0.299. The summed E-state index contributed by atoms with van der Waals surface area (Å²) in [5.74, 6) is 1.14. The third-order valence-electron chi connectivity index (χ3n) is 2.67. The first-order valence-corrected chi connectivity index (χ1v) is 7.86. The van der Waals surface area contributed by atoms with Crippen LogP contribution in [0, 0.1) is 0 Å². The van der Waals surface area contributed by atoms with E-state index in [2.05, 4.69) is 31.5 Å². The van der Waals surface area contributed by atoms with Crippen molar-refractivity contribution in [2.24, 2.45) is 0 Å². The average Bonchev–Trinajstić information content (AvgIpc) is 2.51. The molecule has 0 atom stereocenters. The number of ether oxygens (including phenoxy) is 1. The fraction of sp³-hybridized carbons (Fsp3) is 0.200. The summed E-state index contributed by atoms with van der Waals surface area (Å²) in [5.41, 5.74) is 0. The number of carbonyl (C=O) groups excluding carboxylic acids is 1. The third kappa shape index (κ3) is 5.54. The predicted molar refractivity (Wildman–Crippen MR) is 90.5 cm³/mol. The number of aromatic nitrogens is 1. The van der Waals surface area contributed by atoms with Gasteiger partial charge in [-0.1, -0.05) is 23.7 Å². The summed E-state index contributed by atoms with van der Waals surface area (Å²) in [6.45, 7) is 0.966. The summed E-state index contributed by atoms with van der Waals surface area (Å²) in [5, 5.41) is 5.95. The highest BCUT2D eigenvalue weighted by Crippen LogP contribution is 2.22. The van der Waals surface area contributed by atoms with Crippen LogP contribution >= 0.6 is 27.5 Å². The second-order valence-electron chi connectivity index (χ2n) is 4.37. The maximum absolute atomic E-state index is 11.6. The highest BCUT2D eigenvalue weighted by molar-refractivity contribution is 9.10. The minimum Gasteiger partial charge on any atom is -0.492 e. The van der Waals surface area contributed by atoms with Gasteiger partial charge in [-0.05, 0) is 46.6 Å². The molecule has 2 rings (SSSR count). The van der Waals surface area contributed by atoms with Gasteiger partial charge >= 0.3 is 6.03 Å². The Morgan fingerprint density at radius 3 is 2.82 bits per heavy atom. The molecule has 0 aliphatic heterocycles. The Morgan fingerprint density at radius 1 is 1.27 bits per heavy atom. The molecule has 2 aromatic rings. The van der Waals surface area contributed by atoms with Crippen LogP contribution in [0.15, 0.2) is 47.1 Å². The number of nitrogens with one attached hydrogen (secondary N) is 2. The zero-order valence-corrected chi connectivity index (χ0v) is 14.0. The van der Waals surface area contributed by atoms with E-state index in [1.54, 1.807) is 24.4 Å². The summed E-state index contributed by atoms with van der Waals surface area (Å²) >= 11 is 9.25. The van der Waals surface area contributed by atoms with Gasteiger partial charge in [0.25, 0.3) is 0 Å². The number of carbonyl (C=O) groups is 1. The molecule has 22 heavy (non-hydrogen) atoms. The molecule has 116 valence electrons. The number of benzene rings is 1.